The van der Waals surface area contributed by atoms with Crippen LogP contribution < -0.4 is 10.6 Å². The highest BCUT2D eigenvalue weighted by Crippen LogP contribution is 2.36. The van der Waals surface area contributed by atoms with Crippen LogP contribution in [0.1, 0.15) is 37.1 Å². The second-order valence-corrected chi connectivity index (χ2v) is 12.0. The maximum atomic E-state index is 10.0. The van der Waals surface area contributed by atoms with E-state index in [2.05, 4.69) is 30.6 Å². The zero-order chi connectivity index (χ0) is 24.2. The first-order valence-electron chi connectivity index (χ1n) is 11.9. The Morgan fingerprint density at radius 3 is 2.03 bits per heavy atom. The fourth-order valence-corrected chi connectivity index (χ4v) is 7.25. The first kappa shape index (κ1) is 25.6. The normalized spacial score (nSPS) is 22.2. The van der Waals surface area contributed by atoms with Crippen molar-refractivity contribution in [2.24, 2.45) is 0 Å². The monoisotopic (exact) mass is 559 g/mol. The van der Waals surface area contributed by atoms with E-state index in [1.54, 1.807) is 0 Å². The molecule has 13 heteroatoms. The minimum absolute atomic E-state index is 0.252. The van der Waals surface area contributed by atoms with E-state index in [1.165, 1.54) is 4.90 Å². The molecule has 0 spiro atoms. The lowest BCUT2D eigenvalue weighted by molar-refractivity contribution is 0.0902. The van der Waals surface area contributed by atoms with Gasteiger partial charge in [0, 0.05) is 57.1 Å². The molecule has 4 aliphatic rings. The van der Waals surface area contributed by atoms with E-state index in [0.29, 0.717) is 23.2 Å². The van der Waals surface area contributed by atoms with Crippen LogP contribution in [0.3, 0.4) is 0 Å². The van der Waals surface area contributed by atoms with Crippen LogP contribution in [0.2, 0.25) is 10.6 Å². The molecule has 35 heavy (non-hydrogen) atoms. The lowest BCUT2D eigenvalue weighted by Crippen LogP contribution is -2.29. The van der Waals surface area contributed by atoms with E-state index in [-0.39, 0.29) is 5.28 Å². The van der Waals surface area contributed by atoms with Crippen LogP contribution in [0.15, 0.2) is 9.79 Å². The van der Waals surface area contributed by atoms with Gasteiger partial charge in [-0.3, -0.25) is 0 Å². The summed E-state index contributed by atoms with van der Waals surface area (Å²) in [4.78, 5) is 19.1. The first-order valence-corrected chi connectivity index (χ1v) is 15.0. The number of nitrogens with zero attached hydrogens (tertiary/aromatic N) is 4. The number of hydrogen-bond donors (Lipinski definition) is 3. The Morgan fingerprint density at radius 2 is 1.37 bits per heavy atom. The number of ether oxygens (including phenoxy) is 2. The van der Waals surface area contributed by atoms with Gasteiger partial charge in [0.1, 0.15) is 11.5 Å². The highest BCUT2D eigenvalue weighted by Gasteiger charge is 2.38. The lowest BCUT2D eigenvalue weighted by atomic mass is 10.1. The number of hydrogen-bond acceptors (Lipinski definition) is 10. The Morgan fingerprint density at radius 1 is 0.800 bits per heavy atom. The minimum Gasteiger partial charge on any atom is -0.381 e. The molecule has 0 radical (unpaired) electrons. The number of thioether (sulfide) groups is 1. The van der Waals surface area contributed by atoms with E-state index in [9.17, 15) is 4.55 Å². The maximum Gasteiger partial charge on any atom is 0.253 e. The fourth-order valence-electron chi connectivity index (χ4n) is 4.48. The molecule has 0 saturated carbocycles. The number of nitrogens with one attached hydrogen (secondary N) is 2. The molecule has 3 N–H and O–H groups in total. The van der Waals surface area contributed by atoms with E-state index in [1.807, 2.05) is 11.8 Å². The summed E-state index contributed by atoms with van der Waals surface area (Å²) in [5, 5.41) is 7.47. The standard InChI is InChI=1S/C11H15ClN3O2S.C11H14ClN3OS/c12-11-14-8-3-6-18(16)9(8)10(15-11)13-7-1-4-17-5-2-7;12-11-14-8-3-6-17-9(8)10(15-11)13-7-1-4-16-5-2-7/h7,16H,1-6H2,(H,13,14,15);7H,1-6H2,(H,13,14,15)/q+1;. The van der Waals surface area contributed by atoms with Crippen molar-refractivity contribution in [1.82, 2.24) is 19.9 Å². The predicted molar refractivity (Wildman–Crippen MR) is 140 cm³/mol. The zero-order valence-corrected chi connectivity index (χ0v) is 22.4. The molecular weight excluding hydrogens is 531 g/mol. The van der Waals surface area contributed by atoms with Gasteiger partial charge in [-0.05, 0) is 48.9 Å². The molecule has 2 saturated heterocycles. The molecular formula is C22H29Cl2N6O3S2+. The van der Waals surface area contributed by atoms with Crippen LogP contribution in [-0.2, 0) is 33.5 Å². The average molecular weight is 561 g/mol. The number of halogens is 2. The number of anilines is 2. The summed E-state index contributed by atoms with van der Waals surface area (Å²) in [5.41, 5.74) is 1.97. The predicted octanol–water partition coefficient (Wildman–Crippen LogP) is 4.10. The number of rotatable bonds is 4. The van der Waals surface area contributed by atoms with Gasteiger partial charge in [0.2, 0.25) is 10.6 Å². The van der Waals surface area contributed by atoms with E-state index < -0.39 is 11.2 Å². The van der Waals surface area contributed by atoms with Gasteiger partial charge in [0.15, 0.2) is 22.7 Å². The summed E-state index contributed by atoms with van der Waals surface area (Å²) >= 11 is 12.9. The second-order valence-electron chi connectivity index (χ2n) is 8.71. The van der Waals surface area contributed by atoms with Crippen LogP contribution >= 0.6 is 35.0 Å². The second kappa shape index (κ2) is 12.0. The first-order chi connectivity index (χ1) is 17.1. The van der Waals surface area contributed by atoms with E-state index in [4.69, 9.17) is 32.7 Å². The molecule has 2 fully saturated rings. The van der Waals surface area contributed by atoms with Crippen molar-refractivity contribution in [3.05, 3.63) is 22.0 Å². The van der Waals surface area contributed by atoms with E-state index in [0.717, 1.165) is 98.6 Å². The van der Waals surface area contributed by atoms with Gasteiger partial charge < -0.3 is 20.1 Å². The Balaban J connectivity index is 0.000000145. The van der Waals surface area contributed by atoms with Crippen molar-refractivity contribution in [2.75, 3.05) is 48.6 Å². The Hall–Kier alpha value is -1.08. The van der Waals surface area contributed by atoms with Crippen molar-refractivity contribution in [3.63, 3.8) is 0 Å². The molecule has 6 heterocycles. The van der Waals surface area contributed by atoms with Crippen molar-refractivity contribution < 1.29 is 14.0 Å². The van der Waals surface area contributed by atoms with Crippen molar-refractivity contribution in [1.29, 1.82) is 0 Å². The average Bonchev–Trinajstić information content (AvgIpc) is 3.47. The molecule has 6 rings (SSSR count). The summed E-state index contributed by atoms with van der Waals surface area (Å²) in [6, 6.07) is 0.784. The largest absolute Gasteiger partial charge is 0.381 e. The molecule has 2 aromatic heterocycles. The third-order valence-corrected chi connectivity index (χ3v) is 9.25. The fraction of sp³-hybridized carbons (Fsp3) is 0.636. The van der Waals surface area contributed by atoms with Gasteiger partial charge in [0.05, 0.1) is 10.6 Å². The number of aryl methyl sites for hydroxylation is 2. The summed E-state index contributed by atoms with van der Waals surface area (Å²) in [6.07, 6.45) is 5.73. The number of aromatic nitrogens is 4. The summed E-state index contributed by atoms with van der Waals surface area (Å²) in [6.45, 7) is 3.19. The molecule has 1 atom stereocenters. The van der Waals surface area contributed by atoms with Crippen LogP contribution in [-0.4, -0.2) is 74.5 Å². The van der Waals surface area contributed by atoms with Gasteiger partial charge in [-0.1, -0.05) is 0 Å². The van der Waals surface area contributed by atoms with Crippen molar-refractivity contribution in [2.45, 2.75) is 60.4 Å². The van der Waals surface area contributed by atoms with Crippen LogP contribution in [0, 0.1) is 0 Å². The van der Waals surface area contributed by atoms with Crippen LogP contribution in [0.25, 0.3) is 0 Å². The molecule has 0 aromatic carbocycles. The molecule has 0 aliphatic carbocycles. The molecule has 9 nitrogen and oxygen atoms in total. The van der Waals surface area contributed by atoms with Gasteiger partial charge in [-0.25, -0.2) is 9.97 Å². The van der Waals surface area contributed by atoms with Crippen LogP contribution in [0.5, 0.6) is 0 Å². The van der Waals surface area contributed by atoms with Crippen molar-refractivity contribution in [3.8, 4) is 0 Å². The summed E-state index contributed by atoms with van der Waals surface area (Å²) in [7, 11) is 0. The minimum atomic E-state index is -0.749. The maximum absolute atomic E-state index is 10.0. The van der Waals surface area contributed by atoms with Crippen LogP contribution in [0.4, 0.5) is 11.6 Å². The summed E-state index contributed by atoms with van der Waals surface area (Å²) < 4.78 is 20.7. The van der Waals surface area contributed by atoms with E-state index >= 15 is 0 Å². The molecule has 0 amide bonds. The van der Waals surface area contributed by atoms with Crippen molar-refractivity contribution >= 4 is 57.8 Å². The van der Waals surface area contributed by atoms with Gasteiger partial charge >= 0.3 is 0 Å². The molecule has 2 aromatic rings. The highest BCUT2D eigenvalue weighted by molar-refractivity contribution is 7.99. The topological polar surface area (TPSA) is 114 Å². The molecule has 4 aliphatic heterocycles. The quantitative estimate of drug-likeness (QED) is 0.373. The number of fused-ring (bicyclic) bond motifs is 2. The highest BCUT2D eigenvalue weighted by atomic mass is 35.5. The van der Waals surface area contributed by atoms with Gasteiger partial charge in [-0.2, -0.15) is 14.5 Å². The molecule has 190 valence electrons. The molecule has 1 unspecified atom stereocenters. The SMILES string of the molecule is Clc1nc2c(c(NC3CCOCC3)n1)SCC2.O[S+]1CCc2nc(Cl)nc(NC3CCOCC3)c21. The third-order valence-electron chi connectivity index (χ3n) is 6.29. The third kappa shape index (κ3) is 6.44. The zero-order valence-electron chi connectivity index (χ0n) is 19.3. The Labute approximate surface area is 222 Å². The Kier molecular flexibility index (Phi) is 8.75. The van der Waals surface area contributed by atoms with Gasteiger partial charge in [-0.15, -0.1) is 11.8 Å². The molecule has 0 bridgehead atoms. The van der Waals surface area contributed by atoms with Gasteiger partial charge in [0.25, 0.3) is 4.90 Å². The lowest BCUT2D eigenvalue weighted by Gasteiger charge is -2.24. The smallest absolute Gasteiger partial charge is 0.253 e. The summed E-state index contributed by atoms with van der Waals surface area (Å²) in [5.74, 6) is 3.43. The Bertz CT molecular complexity index is 1040.